The maximum Gasteiger partial charge on any atom is 0.258 e. The maximum atomic E-state index is 12.4. The van der Waals surface area contributed by atoms with Gasteiger partial charge in [-0.2, -0.15) is 0 Å². The summed E-state index contributed by atoms with van der Waals surface area (Å²) in [7, 11) is 1.65. The van der Waals surface area contributed by atoms with E-state index in [9.17, 15) is 4.79 Å². The number of benzene rings is 2. The number of thiocarbonyl (C=S) groups is 1. The van der Waals surface area contributed by atoms with Crippen molar-refractivity contribution in [3.05, 3.63) is 69.8 Å². The van der Waals surface area contributed by atoms with Crippen LogP contribution in [-0.2, 0) is 11.3 Å². The number of nitrogens with one attached hydrogen (secondary N) is 2. The van der Waals surface area contributed by atoms with Gasteiger partial charge in [-0.25, -0.2) is 4.98 Å². The number of H-pyrrole nitrogens is 1. The van der Waals surface area contributed by atoms with Crippen LogP contribution in [0.3, 0.4) is 0 Å². The number of aryl methyl sites for hydroxylation is 2. The molecule has 0 unspecified atom stereocenters. The summed E-state index contributed by atoms with van der Waals surface area (Å²) in [6.07, 6.45) is 0. The van der Waals surface area contributed by atoms with Gasteiger partial charge in [0, 0.05) is 19.3 Å². The van der Waals surface area contributed by atoms with E-state index >= 15 is 0 Å². The first-order valence-corrected chi connectivity index (χ1v) is 9.49. The molecule has 1 aromatic heterocycles. The molecular formula is C21H24N4O2S. The summed E-state index contributed by atoms with van der Waals surface area (Å²) >= 11 is 5.64. The van der Waals surface area contributed by atoms with E-state index in [2.05, 4.69) is 33.5 Å². The second-order valence-corrected chi connectivity index (χ2v) is 7.08. The Morgan fingerprint density at radius 1 is 1.25 bits per heavy atom. The molecule has 0 saturated heterocycles. The summed E-state index contributed by atoms with van der Waals surface area (Å²) in [4.78, 5) is 21.7. The van der Waals surface area contributed by atoms with E-state index in [1.54, 1.807) is 13.2 Å². The Bertz CT molecular complexity index is 1050. The molecular weight excluding hydrogens is 372 g/mol. The van der Waals surface area contributed by atoms with Crippen molar-refractivity contribution >= 4 is 33.9 Å². The Morgan fingerprint density at radius 2 is 2.04 bits per heavy atom. The van der Waals surface area contributed by atoms with Crippen molar-refractivity contribution in [1.82, 2.24) is 14.9 Å². The predicted molar refractivity (Wildman–Crippen MR) is 117 cm³/mol. The predicted octanol–water partition coefficient (Wildman–Crippen LogP) is 3.39. The van der Waals surface area contributed by atoms with Crippen LogP contribution in [0.15, 0.2) is 47.3 Å². The number of fused-ring (bicyclic) bond motifs is 1. The second-order valence-electron chi connectivity index (χ2n) is 6.69. The highest BCUT2D eigenvalue weighted by molar-refractivity contribution is 7.80. The minimum atomic E-state index is -0.152. The number of ether oxygens (including phenoxy) is 1. The molecule has 0 aliphatic carbocycles. The molecule has 7 heteroatoms. The number of aromatic amines is 1. The van der Waals surface area contributed by atoms with Gasteiger partial charge in [0.1, 0.15) is 5.82 Å². The largest absolute Gasteiger partial charge is 0.383 e. The lowest BCUT2D eigenvalue weighted by atomic mass is 10.1. The molecule has 0 bridgehead atoms. The fraction of sp³-hybridized carbons (Fsp3) is 0.286. The fourth-order valence-electron chi connectivity index (χ4n) is 2.91. The molecule has 0 amide bonds. The van der Waals surface area contributed by atoms with Crippen molar-refractivity contribution in [3.8, 4) is 0 Å². The molecule has 0 spiro atoms. The number of anilines is 1. The number of aromatic nitrogens is 2. The standard InChI is InChI=1S/C21H24N4O2S/c1-14-8-9-15(2)18(12-14)23-21(28)25(10-11-27-3)13-19-22-17-7-5-4-6-16(17)20(26)24-19/h4-9,12H,10-11,13H2,1-3H3,(H,23,28)(H,22,24,26). The van der Waals surface area contributed by atoms with Crippen molar-refractivity contribution in [1.29, 1.82) is 0 Å². The average molecular weight is 397 g/mol. The van der Waals surface area contributed by atoms with E-state index in [1.165, 1.54) is 0 Å². The van der Waals surface area contributed by atoms with Gasteiger partial charge >= 0.3 is 0 Å². The van der Waals surface area contributed by atoms with Gasteiger partial charge in [0.2, 0.25) is 0 Å². The van der Waals surface area contributed by atoms with Gasteiger partial charge in [-0.1, -0.05) is 24.3 Å². The lowest BCUT2D eigenvalue weighted by Crippen LogP contribution is -2.37. The summed E-state index contributed by atoms with van der Waals surface area (Å²) in [5.74, 6) is 0.560. The molecule has 0 aliphatic rings. The zero-order valence-corrected chi connectivity index (χ0v) is 17.1. The van der Waals surface area contributed by atoms with Crippen molar-refractivity contribution in [2.75, 3.05) is 25.6 Å². The second kappa shape index (κ2) is 8.95. The van der Waals surface area contributed by atoms with Crippen LogP contribution in [0.25, 0.3) is 10.9 Å². The first-order chi connectivity index (χ1) is 13.5. The molecule has 28 heavy (non-hydrogen) atoms. The van der Waals surface area contributed by atoms with Crippen molar-refractivity contribution in [2.24, 2.45) is 0 Å². The van der Waals surface area contributed by atoms with Crippen LogP contribution in [0.1, 0.15) is 17.0 Å². The molecule has 0 fully saturated rings. The summed E-state index contributed by atoms with van der Waals surface area (Å²) in [5, 5.41) is 4.45. The van der Waals surface area contributed by atoms with Crippen molar-refractivity contribution in [3.63, 3.8) is 0 Å². The molecule has 1 heterocycles. The lowest BCUT2D eigenvalue weighted by Gasteiger charge is -2.26. The molecule has 0 saturated carbocycles. The highest BCUT2D eigenvalue weighted by atomic mass is 32.1. The number of nitrogens with zero attached hydrogens (tertiary/aromatic N) is 2. The summed E-state index contributed by atoms with van der Waals surface area (Å²) in [6.45, 7) is 5.53. The monoisotopic (exact) mass is 396 g/mol. The first kappa shape index (κ1) is 20.0. The zero-order valence-electron chi connectivity index (χ0n) is 16.3. The maximum absolute atomic E-state index is 12.4. The number of hydrogen-bond acceptors (Lipinski definition) is 4. The van der Waals surface area contributed by atoms with Crippen molar-refractivity contribution in [2.45, 2.75) is 20.4 Å². The average Bonchev–Trinajstić information content (AvgIpc) is 2.68. The van der Waals surface area contributed by atoms with Crippen LogP contribution >= 0.6 is 12.2 Å². The smallest absolute Gasteiger partial charge is 0.258 e. The van der Waals surface area contributed by atoms with E-state index in [0.29, 0.717) is 41.5 Å². The Labute approximate surface area is 169 Å². The summed E-state index contributed by atoms with van der Waals surface area (Å²) in [6, 6.07) is 13.5. The van der Waals surface area contributed by atoms with Crippen LogP contribution in [-0.4, -0.2) is 40.2 Å². The van der Waals surface area contributed by atoms with Gasteiger partial charge in [0.25, 0.3) is 5.56 Å². The first-order valence-electron chi connectivity index (χ1n) is 9.08. The van der Waals surface area contributed by atoms with Gasteiger partial charge in [0.15, 0.2) is 5.11 Å². The summed E-state index contributed by atoms with van der Waals surface area (Å²) < 4.78 is 5.23. The highest BCUT2D eigenvalue weighted by Gasteiger charge is 2.14. The van der Waals surface area contributed by atoms with Gasteiger partial charge in [-0.05, 0) is 55.4 Å². The van der Waals surface area contributed by atoms with Gasteiger partial charge < -0.3 is 19.9 Å². The molecule has 6 nitrogen and oxygen atoms in total. The molecule has 146 valence electrons. The SMILES string of the molecule is COCCN(Cc1nc2ccccc2c(=O)[nH]1)C(=S)Nc1cc(C)ccc1C. The third kappa shape index (κ3) is 4.74. The van der Waals surface area contributed by atoms with Crippen molar-refractivity contribution < 1.29 is 4.74 Å². The molecule has 2 aromatic carbocycles. The number of hydrogen-bond donors (Lipinski definition) is 2. The quantitative estimate of drug-likeness (QED) is 0.623. The van der Waals surface area contributed by atoms with Crippen LogP contribution in [0.4, 0.5) is 5.69 Å². The van der Waals surface area contributed by atoms with E-state index in [4.69, 9.17) is 17.0 Å². The van der Waals surface area contributed by atoms with Gasteiger partial charge in [0.05, 0.1) is 24.1 Å². The van der Waals surface area contributed by atoms with Crippen LogP contribution in [0.2, 0.25) is 0 Å². The number of methoxy groups -OCH3 is 1. The minimum Gasteiger partial charge on any atom is -0.383 e. The third-order valence-electron chi connectivity index (χ3n) is 4.49. The minimum absolute atomic E-state index is 0.152. The topological polar surface area (TPSA) is 70.2 Å². The molecule has 0 aliphatic heterocycles. The third-order valence-corrected chi connectivity index (χ3v) is 4.85. The van der Waals surface area contributed by atoms with E-state index < -0.39 is 0 Å². The number of rotatable bonds is 6. The molecule has 2 N–H and O–H groups in total. The normalized spacial score (nSPS) is 10.8. The molecule has 3 aromatic rings. The van der Waals surface area contributed by atoms with Gasteiger partial charge in [-0.3, -0.25) is 4.79 Å². The molecule has 0 atom stereocenters. The van der Waals surface area contributed by atoms with E-state index in [1.807, 2.05) is 36.9 Å². The molecule has 3 rings (SSSR count). The number of para-hydroxylation sites is 1. The lowest BCUT2D eigenvalue weighted by molar-refractivity contribution is 0.174. The zero-order chi connectivity index (χ0) is 20.1. The Kier molecular flexibility index (Phi) is 6.38. The van der Waals surface area contributed by atoms with Crippen LogP contribution < -0.4 is 10.9 Å². The van der Waals surface area contributed by atoms with Gasteiger partial charge in [-0.15, -0.1) is 0 Å². The summed E-state index contributed by atoms with van der Waals surface area (Å²) in [5.41, 5.74) is 3.74. The van der Waals surface area contributed by atoms with Crippen LogP contribution in [0, 0.1) is 13.8 Å². The highest BCUT2D eigenvalue weighted by Crippen LogP contribution is 2.17. The van der Waals surface area contributed by atoms with E-state index in [-0.39, 0.29) is 5.56 Å². The Morgan fingerprint density at radius 3 is 2.82 bits per heavy atom. The van der Waals surface area contributed by atoms with Crippen LogP contribution in [0.5, 0.6) is 0 Å². The fourth-order valence-corrected chi connectivity index (χ4v) is 3.17. The van der Waals surface area contributed by atoms with E-state index in [0.717, 1.165) is 16.8 Å². The Hall–Kier alpha value is -2.77. The molecule has 0 radical (unpaired) electrons. The Balaban J connectivity index is 1.84.